The summed E-state index contributed by atoms with van der Waals surface area (Å²) in [5, 5.41) is 7.81. The van der Waals surface area contributed by atoms with E-state index in [9.17, 15) is 0 Å². The molecule has 2 atom stereocenters. The summed E-state index contributed by atoms with van der Waals surface area (Å²) in [4.78, 5) is 8.26. The van der Waals surface area contributed by atoms with Crippen LogP contribution in [0.4, 0.5) is 5.82 Å². The van der Waals surface area contributed by atoms with Gasteiger partial charge in [-0.2, -0.15) is 5.10 Å². The molecule has 0 spiro atoms. The van der Waals surface area contributed by atoms with E-state index in [1.807, 2.05) is 10.9 Å². The Labute approximate surface area is 132 Å². The van der Waals surface area contributed by atoms with E-state index in [2.05, 4.69) is 49.4 Å². The SMILES string of the molecule is CCn1cc([C@H]2OCCC[C@@H]2Nc2ncncc2Br)cn1. The topological polar surface area (TPSA) is 64.9 Å². The van der Waals surface area contributed by atoms with Crippen LogP contribution in [0.2, 0.25) is 0 Å². The molecule has 0 saturated carbocycles. The minimum Gasteiger partial charge on any atom is -0.371 e. The summed E-state index contributed by atoms with van der Waals surface area (Å²) in [6.45, 7) is 3.72. The molecule has 1 saturated heterocycles. The van der Waals surface area contributed by atoms with Gasteiger partial charge in [-0.25, -0.2) is 9.97 Å². The van der Waals surface area contributed by atoms with Crippen molar-refractivity contribution in [3.8, 4) is 0 Å². The summed E-state index contributed by atoms with van der Waals surface area (Å²) in [5.74, 6) is 0.799. The average molecular weight is 352 g/mol. The van der Waals surface area contributed by atoms with Crippen molar-refractivity contribution in [1.82, 2.24) is 19.7 Å². The second kappa shape index (κ2) is 6.53. The monoisotopic (exact) mass is 351 g/mol. The van der Waals surface area contributed by atoms with E-state index >= 15 is 0 Å². The molecule has 1 fully saturated rings. The molecule has 0 aromatic carbocycles. The Kier molecular flexibility index (Phi) is 4.50. The van der Waals surface area contributed by atoms with E-state index in [0.717, 1.165) is 41.8 Å². The third-order valence-corrected chi connectivity index (χ3v) is 4.20. The van der Waals surface area contributed by atoms with E-state index in [1.54, 1.807) is 12.5 Å². The maximum atomic E-state index is 5.97. The number of halogens is 1. The van der Waals surface area contributed by atoms with Crippen molar-refractivity contribution in [2.75, 3.05) is 11.9 Å². The number of anilines is 1. The summed E-state index contributed by atoms with van der Waals surface area (Å²) >= 11 is 3.47. The van der Waals surface area contributed by atoms with Crippen LogP contribution in [0.1, 0.15) is 31.4 Å². The maximum absolute atomic E-state index is 5.97. The number of hydrogen-bond donors (Lipinski definition) is 1. The van der Waals surface area contributed by atoms with Gasteiger partial charge in [-0.3, -0.25) is 4.68 Å². The van der Waals surface area contributed by atoms with Crippen LogP contribution in [0.3, 0.4) is 0 Å². The van der Waals surface area contributed by atoms with Crippen molar-refractivity contribution in [3.63, 3.8) is 0 Å². The Bertz CT molecular complexity index is 603. The average Bonchev–Trinajstić information content (AvgIpc) is 2.99. The van der Waals surface area contributed by atoms with E-state index in [1.165, 1.54) is 0 Å². The fourth-order valence-corrected chi connectivity index (χ4v) is 2.89. The van der Waals surface area contributed by atoms with Gasteiger partial charge in [0.15, 0.2) is 0 Å². The molecule has 7 heteroatoms. The highest BCUT2D eigenvalue weighted by Gasteiger charge is 2.29. The predicted octanol–water partition coefficient (Wildman–Crippen LogP) is 2.79. The van der Waals surface area contributed by atoms with Gasteiger partial charge in [0.2, 0.25) is 0 Å². The minimum atomic E-state index is 0.000848. The predicted molar refractivity (Wildman–Crippen MR) is 83.0 cm³/mol. The van der Waals surface area contributed by atoms with Crippen molar-refractivity contribution < 1.29 is 4.74 Å². The van der Waals surface area contributed by atoms with Crippen LogP contribution in [0, 0.1) is 0 Å². The van der Waals surface area contributed by atoms with Gasteiger partial charge in [0.1, 0.15) is 18.2 Å². The molecular formula is C14H18BrN5O. The zero-order valence-corrected chi connectivity index (χ0v) is 13.5. The Morgan fingerprint density at radius 2 is 2.38 bits per heavy atom. The molecule has 1 aliphatic rings. The van der Waals surface area contributed by atoms with Gasteiger partial charge < -0.3 is 10.1 Å². The highest BCUT2D eigenvalue weighted by atomic mass is 79.9. The number of aromatic nitrogens is 4. The molecular weight excluding hydrogens is 334 g/mol. The van der Waals surface area contributed by atoms with Crippen molar-refractivity contribution in [1.29, 1.82) is 0 Å². The fraction of sp³-hybridized carbons (Fsp3) is 0.500. The van der Waals surface area contributed by atoms with Crippen molar-refractivity contribution >= 4 is 21.7 Å². The molecule has 2 aromatic heterocycles. The van der Waals surface area contributed by atoms with Gasteiger partial charge in [-0.05, 0) is 35.7 Å². The molecule has 3 heterocycles. The van der Waals surface area contributed by atoms with Crippen LogP contribution in [-0.4, -0.2) is 32.4 Å². The lowest BCUT2D eigenvalue weighted by molar-refractivity contribution is 0.00549. The van der Waals surface area contributed by atoms with Crippen molar-refractivity contribution in [2.45, 2.75) is 38.5 Å². The molecule has 112 valence electrons. The fourth-order valence-electron chi connectivity index (χ4n) is 2.55. The lowest BCUT2D eigenvalue weighted by Gasteiger charge is -2.32. The highest BCUT2D eigenvalue weighted by molar-refractivity contribution is 9.10. The number of ether oxygens (including phenoxy) is 1. The quantitative estimate of drug-likeness (QED) is 0.917. The number of aryl methyl sites for hydroxylation is 1. The molecule has 0 radical (unpaired) electrons. The van der Waals surface area contributed by atoms with E-state index in [0.29, 0.717) is 0 Å². The summed E-state index contributed by atoms with van der Waals surface area (Å²) in [5.41, 5.74) is 1.11. The lowest BCUT2D eigenvalue weighted by Crippen LogP contribution is -2.34. The first-order valence-corrected chi connectivity index (χ1v) is 7.93. The first-order valence-electron chi connectivity index (χ1n) is 7.14. The van der Waals surface area contributed by atoms with Gasteiger partial charge in [0.25, 0.3) is 0 Å². The molecule has 6 nitrogen and oxygen atoms in total. The van der Waals surface area contributed by atoms with Crippen LogP contribution in [0.25, 0.3) is 0 Å². The van der Waals surface area contributed by atoms with Crippen LogP contribution < -0.4 is 5.32 Å². The molecule has 0 bridgehead atoms. The Hall–Kier alpha value is -1.47. The molecule has 21 heavy (non-hydrogen) atoms. The number of nitrogens with one attached hydrogen (secondary N) is 1. The summed E-state index contributed by atoms with van der Waals surface area (Å²) in [6.07, 6.45) is 9.31. The second-order valence-electron chi connectivity index (χ2n) is 5.03. The van der Waals surface area contributed by atoms with Gasteiger partial charge >= 0.3 is 0 Å². The minimum absolute atomic E-state index is 0.000848. The van der Waals surface area contributed by atoms with Crippen molar-refractivity contribution in [2.24, 2.45) is 0 Å². The molecule has 1 N–H and O–H groups in total. The zero-order valence-electron chi connectivity index (χ0n) is 11.9. The largest absolute Gasteiger partial charge is 0.371 e. The normalized spacial score (nSPS) is 22.2. The van der Waals surface area contributed by atoms with E-state index in [4.69, 9.17) is 4.74 Å². The van der Waals surface area contributed by atoms with Gasteiger partial charge in [0.05, 0.1) is 16.7 Å². The molecule has 0 aliphatic carbocycles. The first-order chi connectivity index (χ1) is 10.3. The Balaban J connectivity index is 1.80. The molecule has 2 aromatic rings. The molecule has 0 amide bonds. The molecule has 0 unspecified atom stereocenters. The van der Waals surface area contributed by atoms with Crippen LogP contribution in [0.15, 0.2) is 29.4 Å². The maximum Gasteiger partial charge on any atom is 0.144 e. The Morgan fingerprint density at radius 3 is 3.14 bits per heavy atom. The molecule has 1 aliphatic heterocycles. The first kappa shape index (κ1) is 14.5. The third kappa shape index (κ3) is 3.24. The van der Waals surface area contributed by atoms with Gasteiger partial charge in [-0.1, -0.05) is 0 Å². The van der Waals surface area contributed by atoms with E-state index in [-0.39, 0.29) is 12.1 Å². The number of hydrogen-bond acceptors (Lipinski definition) is 5. The summed E-state index contributed by atoms with van der Waals surface area (Å²) in [7, 11) is 0. The van der Waals surface area contributed by atoms with Crippen LogP contribution in [-0.2, 0) is 11.3 Å². The van der Waals surface area contributed by atoms with Crippen LogP contribution in [0.5, 0.6) is 0 Å². The zero-order chi connectivity index (χ0) is 14.7. The van der Waals surface area contributed by atoms with Gasteiger partial charge in [0, 0.05) is 31.1 Å². The van der Waals surface area contributed by atoms with Gasteiger partial charge in [-0.15, -0.1) is 0 Å². The molecule has 3 rings (SSSR count). The van der Waals surface area contributed by atoms with E-state index < -0.39 is 0 Å². The Morgan fingerprint density at radius 1 is 1.48 bits per heavy atom. The second-order valence-corrected chi connectivity index (χ2v) is 5.89. The smallest absolute Gasteiger partial charge is 0.144 e. The number of rotatable bonds is 4. The third-order valence-electron chi connectivity index (χ3n) is 3.62. The lowest BCUT2D eigenvalue weighted by atomic mass is 9.98. The van der Waals surface area contributed by atoms with Crippen molar-refractivity contribution in [3.05, 3.63) is 35.0 Å². The standard InChI is InChI=1S/C14H18BrN5O/c1-2-20-8-10(6-18-20)13-12(4-3-5-21-13)19-14-11(15)7-16-9-17-14/h6-9,12-13H,2-5H2,1H3,(H,16,17,19)/t12-,13+/m0/s1. The summed E-state index contributed by atoms with van der Waals surface area (Å²) in [6, 6.07) is 0.180. The summed E-state index contributed by atoms with van der Waals surface area (Å²) < 4.78 is 8.75. The number of nitrogens with zero attached hydrogens (tertiary/aromatic N) is 4. The van der Waals surface area contributed by atoms with Crippen LogP contribution >= 0.6 is 15.9 Å². The highest BCUT2D eigenvalue weighted by Crippen LogP contribution is 2.31.